The van der Waals surface area contributed by atoms with Crippen molar-refractivity contribution >= 4 is 21.7 Å². The maximum Gasteiger partial charge on any atom is 0.141 e. The lowest BCUT2D eigenvalue weighted by molar-refractivity contribution is 0.588. The van der Waals surface area contributed by atoms with E-state index in [0.29, 0.717) is 5.82 Å². The molecule has 0 radical (unpaired) electrons. The topological polar surface area (TPSA) is 51.8 Å². The molecule has 0 amide bonds. The summed E-state index contributed by atoms with van der Waals surface area (Å²) in [5, 5.41) is 0. The summed E-state index contributed by atoms with van der Waals surface area (Å²) in [6.07, 6.45) is 0. The van der Waals surface area contributed by atoms with Gasteiger partial charge >= 0.3 is 0 Å². The van der Waals surface area contributed by atoms with Crippen LogP contribution in [0.1, 0.15) is 30.9 Å². The van der Waals surface area contributed by atoms with Crippen LogP contribution in [0.2, 0.25) is 0 Å². The molecule has 1 aromatic heterocycles. The van der Waals surface area contributed by atoms with E-state index in [4.69, 9.17) is 5.73 Å². The van der Waals surface area contributed by atoms with Crippen LogP contribution in [-0.2, 0) is 5.41 Å². The predicted octanol–water partition coefficient (Wildman–Crippen LogP) is 3.46. The highest BCUT2D eigenvalue weighted by Gasteiger charge is 2.27. The Kier molecular flexibility index (Phi) is 3.39. The zero-order chi connectivity index (χ0) is 13.3. The van der Waals surface area contributed by atoms with Crippen LogP contribution in [0.5, 0.6) is 0 Å². The minimum atomic E-state index is -0.263. The maximum atomic E-state index is 5.90. The molecular weight excluding hydrogens is 290 g/mol. The van der Waals surface area contributed by atoms with Gasteiger partial charge < -0.3 is 5.73 Å². The summed E-state index contributed by atoms with van der Waals surface area (Å²) in [6.45, 7) is 6.13. The normalized spacial score (nSPS) is 11.6. The fraction of sp³-hybridized carbons (Fsp3) is 0.286. The van der Waals surface area contributed by atoms with Gasteiger partial charge in [-0.3, -0.25) is 0 Å². The standard InChI is InChI=1S/C14H16BrN3/c1-9-11(15)12(16)18-13(17-9)14(2,3)10-7-5-4-6-8-10/h4-8H,1-3H3,(H2,16,17,18). The zero-order valence-corrected chi connectivity index (χ0v) is 12.3. The van der Waals surface area contributed by atoms with Gasteiger partial charge in [-0.15, -0.1) is 0 Å². The molecule has 0 saturated carbocycles. The predicted molar refractivity (Wildman–Crippen MR) is 77.5 cm³/mol. The minimum Gasteiger partial charge on any atom is -0.383 e. The number of benzene rings is 1. The first-order chi connectivity index (χ1) is 8.43. The molecule has 2 aromatic rings. The molecule has 0 atom stereocenters. The molecule has 0 saturated heterocycles. The van der Waals surface area contributed by atoms with Crippen LogP contribution >= 0.6 is 15.9 Å². The quantitative estimate of drug-likeness (QED) is 0.924. The van der Waals surface area contributed by atoms with Crippen LogP contribution < -0.4 is 5.73 Å². The summed E-state index contributed by atoms with van der Waals surface area (Å²) >= 11 is 3.39. The molecule has 2 N–H and O–H groups in total. The van der Waals surface area contributed by atoms with Gasteiger partial charge in [0.25, 0.3) is 0 Å². The molecule has 94 valence electrons. The monoisotopic (exact) mass is 305 g/mol. The van der Waals surface area contributed by atoms with Crippen LogP contribution in [0.3, 0.4) is 0 Å². The van der Waals surface area contributed by atoms with Crippen LogP contribution in [0.15, 0.2) is 34.8 Å². The number of hydrogen-bond donors (Lipinski definition) is 1. The SMILES string of the molecule is Cc1nc(C(C)(C)c2ccccc2)nc(N)c1Br. The Hall–Kier alpha value is -1.42. The highest BCUT2D eigenvalue weighted by atomic mass is 79.9. The molecule has 0 bridgehead atoms. The second-order valence-corrected chi connectivity index (χ2v) is 5.62. The van der Waals surface area contributed by atoms with E-state index in [2.05, 4.69) is 51.9 Å². The third kappa shape index (κ3) is 2.25. The molecule has 18 heavy (non-hydrogen) atoms. The summed E-state index contributed by atoms with van der Waals surface area (Å²) in [4.78, 5) is 8.95. The number of nitrogens with zero attached hydrogens (tertiary/aromatic N) is 2. The molecule has 4 heteroatoms. The Bertz CT molecular complexity index is 542. The molecule has 1 aromatic carbocycles. The Labute approximate surface area is 116 Å². The first-order valence-corrected chi connectivity index (χ1v) is 6.58. The van der Waals surface area contributed by atoms with Gasteiger partial charge in [0.1, 0.15) is 11.6 Å². The van der Waals surface area contributed by atoms with E-state index in [9.17, 15) is 0 Å². The molecule has 0 unspecified atom stereocenters. The third-order valence-electron chi connectivity index (χ3n) is 3.10. The van der Waals surface area contributed by atoms with Gasteiger partial charge in [-0.1, -0.05) is 30.3 Å². The van der Waals surface area contributed by atoms with Crippen LogP contribution in [0, 0.1) is 6.92 Å². The Morgan fingerprint density at radius 1 is 1.11 bits per heavy atom. The first-order valence-electron chi connectivity index (χ1n) is 5.78. The molecule has 2 rings (SSSR count). The molecule has 1 heterocycles. The van der Waals surface area contributed by atoms with Crippen molar-refractivity contribution in [3.8, 4) is 0 Å². The van der Waals surface area contributed by atoms with Crippen molar-refractivity contribution in [1.29, 1.82) is 0 Å². The van der Waals surface area contributed by atoms with Gasteiger partial charge in [0.15, 0.2) is 0 Å². The van der Waals surface area contributed by atoms with E-state index < -0.39 is 0 Å². The zero-order valence-electron chi connectivity index (χ0n) is 10.7. The fourth-order valence-electron chi connectivity index (χ4n) is 1.84. The second-order valence-electron chi connectivity index (χ2n) is 4.82. The smallest absolute Gasteiger partial charge is 0.141 e. The largest absolute Gasteiger partial charge is 0.383 e. The number of anilines is 1. The van der Waals surface area contributed by atoms with E-state index in [1.54, 1.807) is 0 Å². The van der Waals surface area contributed by atoms with Gasteiger partial charge in [0.05, 0.1) is 10.2 Å². The number of aryl methyl sites for hydroxylation is 1. The molecule has 0 aliphatic carbocycles. The van der Waals surface area contributed by atoms with Gasteiger partial charge in [-0.2, -0.15) is 0 Å². The summed E-state index contributed by atoms with van der Waals surface area (Å²) in [5.41, 5.74) is 7.67. The number of rotatable bonds is 2. The van der Waals surface area contributed by atoms with Gasteiger partial charge in [0.2, 0.25) is 0 Å². The average molecular weight is 306 g/mol. The van der Waals surface area contributed by atoms with Gasteiger partial charge in [-0.05, 0) is 42.3 Å². The van der Waals surface area contributed by atoms with Crippen LogP contribution in [-0.4, -0.2) is 9.97 Å². The lowest BCUT2D eigenvalue weighted by Crippen LogP contribution is -2.23. The van der Waals surface area contributed by atoms with E-state index in [1.807, 2.05) is 25.1 Å². The fourth-order valence-corrected chi connectivity index (χ4v) is 2.02. The Morgan fingerprint density at radius 3 is 2.28 bits per heavy atom. The van der Waals surface area contributed by atoms with Crippen molar-refractivity contribution in [2.24, 2.45) is 0 Å². The van der Waals surface area contributed by atoms with Crippen molar-refractivity contribution < 1.29 is 0 Å². The lowest BCUT2D eigenvalue weighted by Gasteiger charge is -2.24. The van der Waals surface area contributed by atoms with Crippen molar-refractivity contribution in [1.82, 2.24) is 9.97 Å². The van der Waals surface area contributed by atoms with E-state index in [0.717, 1.165) is 16.0 Å². The van der Waals surface area contributed by atoms with Crippen molar-refractivity contribution in [3.63, 3.8) is 0 Å². The molecule has 0 aliphatic rings. The number of halogens is 1. The number of nitrogen functional groups attached to an aromatic ring is 1. The maximum absolute atomic E-state index is 5.90. The highest BCUT2D eigenvalue weighted by molar-refractivity contribution is 9.10. The first kappa shape index (κ1) is 13.0. The number of hydrogen-bond acceptors (Lipinski definition) is 3. The summed E-state index contributed by atoms with van der Waals surface area (Å²) in [6, 6.07) is 10.2. The van der Waals surface area contributed by atoms with Crippen LogP contribution in [0.4, 0.5) is 5.82 Å². The summed E-state index contributed by atoms with van der Waals surface area (Å²) in [7, 11) is 0. The number of aromatic nitrogens is 2. The molecular formula is C14H16BrN3. The minimum absolute atomic E-state index is 0.263. The molecule has 0 spiro atoms. The molecule has 3 nitrogen and oxygen atoms in total. The summed E-state index contributed by atoms with van der Waals surface area (Å²) < 4.78 is 0.773. The second kappa shape index (κ2) is 4.69. The van der Waals surface area contributed by atoms with Crippen LogP contribution in [0.25, 0.3) is 0 Å². The molecule has 0 fully saturated rings. The van der Waals surface area contributed by atoms with E-state index in [-0.39, 0.29) is 5.41 Å². The Morgan fingerprint density at radius 2 is 1.72 bits per heavy atom. The lowest BCUT2D eigenvalue weighted by atomic mass is 9.84. The van der Waals surface area contributed by atoms with E-state index in [1.165, 1.54) is 5.56 Å². The highest BCUT2D eigenvalue weighted by Crippen LogP contribution is 2.31. The average Bonchev–Trinajstić information content (AvgIpc) is 2.36. The van der Waals surface area contributed by atoms with Gasteiger partial charge in [-0.25, -0.2) is 9.97 Å². The summed E-state index contributed by atoms with van der Waals surface area (Å²) in [5.74, 6) is 1.23. The Balaban J connectivity index is 2.54. The van der Waals surface area contributed by atoms with E-state index >= 15 is 0 Å². The molecule has 0 aliphatic heterocycles. The van der Waals surface area contributed by atoms with Crippen molar-refractivity contribution in [2.75, 3.05) is 5.73 Å². The van der Waals surface area contributed by atoms with Gasteiger partial charge in [0, 0.05) is 5.41 Å². The van der Waals surface area contributed by atoms with Crippen molar-refractivity contribution in [3.05, 3.63) is 51.9 Å². The third-order valence-corrected chi connectivity index (χ3v) is 4.08. The number of nitrogens with two attached hydrogens (primary N) is 1. The van der Waals surface area contributed by atoms with Crippen molar-refractivity contribution in [2.45, 2.75) is 26.2 Å².